The third-order valence-corrected chi connectivity index (χ3v) is 3.70. The smallest absolute Gasteiger partial charge is 0.160 e. The van der Waals surface area contributed by atoms with E-state index in [2.05, 4.69) is 34.4 Å². The highest BCUT2D eigenvalue weighted by atomic mass is 16.5. The molecule has 1 aromatic carbocycles. The zero-order valence-electron chi connectivity index (χ0n) is 15.7. The van der Waals surface area contributed by atoms with E-state index in [1.165, 1.54) is 5.56 Å². The fourth-order valence-electron chi connectivity index (χ4n) is 2.43. The number of ether oxygens (including phenoxy) is 2. The summed E-state index contributed by atoms with van der Waals surface area (Å²) in [4.78, 5) is 8.87. The Balaban J connectivity index is 1.95. The fraction of sp³-hybridized carbons (Fsp3) is 0.474. The molecule has 25 heavy (non-hydrogen) atoms. The molecule has 1 heterocycles. The third kappa shape index (κ3) is 5.81. The molecule has 6 heteroatoms. The second-order valence-corrected chi connectivity index (χ2v) is 6.33. The van der Waals surface area contributed by atoms with Gasteiger partial charge in [0.25, 0.3) is 0 Å². The second-order valence-electron chi connectivity index (χ2n) is 6.33. The number of rotatable bonds is 9. The van der Waals surface area contributed by atoms with Gasteiger partial charge in [-0.1, -0.05) is 19.9 Å². The minimum atomic E-state index is 0.566. The monoisotopic (exact) mass is 344 g/mol. The largest absolute Gasteiger partial charge is 0.493 e. The lowest BCUT2D eigenvalue weighted by atomic mass is 10.1. The molecule has 0 bridgehead atoms. The molecule has 0 atom stereocenters. The van der Waals surface area contributed by atoms with E-state index >= 15 is 0 Å². The zero-order valence-corrected chi connectivity index (χ0v) is 15.7. The van der Waals surface area contributed by atoms with Gasteiger partial charge >= 0.3 is 0 Å². The molecule has 0 spiro atoms. The van der Waals surface area contributed by atoms with Crippen molar-refractivity contribution in [1.82, 2.24) is 9.97 Å². The summed E-state index contributed by atoms with van der Waals surface area (Å²) in [6, 6.07) is 7.92. The van der Waals surface area contributed by atoms with Crippen LogP contribution in [0.2, 0.25) is 0 Å². The minimum Gasteiger partial charge on any atom is -0.493 e. The van der Waals surface area contributed by atoms with Crippen LogP contribution < -0.4 is 20.1 Å². The first-order valence-corrected chi connectivity index (χ1v) is 8.56. The van der Waals surface area contributed by atoms with Crippen LogP contribution in [0.1, 0.15) is 25.2 Å². The fourth-order valence-corrected chi connectivity index (χ4v) is 2.43. The summed E-state index contributed by atoms with van der Waals surface area (Å²) in [6.07, 6.45) is 0.859. The van der Waals surface area contributed by atoms with Gasteiger partial charge in [-0.25, -0.2) is 9.97 Å². The molecule has 0 aliphatic carbocycles. The summed E-state index contributed by atoms with van der Waals surface area (Å²) >= 11 is 0. The number of methoxy groups -OCH3 is 2. The molecule has 0 aliphatic heterocycles. The van der Waals surface area contributed by atoms with Gasteiger partial charge in [-0.15, -0.1) is 0 Å². The van der Waals surface area contributed by atoms with E-state index < -0.39 is 0 Å². The van der Waals surface area contributed by atoms with Gasteiger partial charge in [-0.3, -0.25) is 0 Å². The summed E-state index contributed by atoms with van der Waals surface area (Å²) < 4.78 is 10.6. The van der Waals surface area contributed by atoms with Crippen LogP contribution in [0.25, 0.3) is 0 Å². The van der Waals surface area contributed by atoms with Crippen molar-refractivity contribution < 1.29 is 9.47 Å². The van der Waals surface area contributed by atoms with Crippen molar-refractivity contribution in [2.24, 2.45) is 5.92 Å². The van der Waals surface area contributed by atoms with Crippen LogP contribution in [0.5, 0.6) is 11.5 Å². The molecular weight excluding hydrogens is 316 g/mol. The van der Waals surface area contributed by atoms with Gasteiger partial charge in [0.15, 0.2) is 11.5 Å². The topological polar surface area (TPSA) is 68.3 Å². The summed E-state index contributed by atoms with van der Waals surface area (Å²) in [5.74, 6) is 4.50. The van der Waals surface area contributed by atoms with Crippen LogP contribution >= 0.6 is 0 Å². The van der Waals surface area contributed by atoms with Crippen molar-refractivity contribution in [3.05, 3.63) is 35.7 Å². The Morgan fingerprint density at radius 3 is 2.28 bits per heavy atom. The van der Waals surface area contributed by atoms with Gasteiger partial charge < -0.3 is 20.1 Å². The Labute approximate surface area is 150 Å². The number of nitrogens with zero attached hydrogens (tertiary/aromatic N) is 2. The lowest BCUT2D eigenvalue weighted by Crippen LogP contribution is -2.12. The molecule has 0 fully saturated rings. The van der Waals surface area contributed by atoms with Crippen molar-refractivity contribution in [2.75, 3.05) is 37.9 Å². The highest BCUT2D eigenvalue weighted by molar-refractivity contribution is 5.48. The number of nitrogens with one attached hydrogen (secondary N) is 2. The predicted octanol–water partition coefficient (Wildman–Crippen LogP) is 3.52. The molecule has 0 saturated carbocycles. The van der Waals surface area contributed by atoms with Crippen molar-refractivity contribution >= 4 is 11.6 Å². The summed E-state index contributed by atoms with van der Waals surface area (Å²) in [7, 11) is 3.29. The number of aromatic nitrogens is 2. The van der Waals surface area contributed by atoms with E-state index in [1.807, 2.05) is 31.2 Å². The average Bonchev–Trinajstić information content (AvgIpc) is 2.59. The predicted molar refractivity (Wildman–Crippen MR) is 102 cm³/mol. The third-order valence-electron chi connectivity index (χ3n) is 3.70. The number of hydrogen-bond acceptors (Lipinski definition) is 6. The molecule has 2 rings (SSSR count). The standard InChI is InChI=1S/C19H28N4O2/c1-13(2)12-21-19-11-18(22-14(3)23-19)20-9-8-15-6-7-16(24-4)17(10-15)25-5/h6-7,10-11,13H,8-9,12H2,1-5H3,(H2,20,21,22,23). The van der Waals surface area contributed by atoms with Gasteiger partial charge in [-0.2, -0.15) is 0 Å². The van der Waals surface area contributed by atoms with Gasteiger partial charge in [0, 0.05) is 19.2 Å². The minimum absolute atomic E-state index is 0.566. The molecule has 0 unspecified atom stereocenters. The van der Waals surface area contributed by atoms with Gasteiger partial charge in [0.1, 0.15) is 17.5 Å². The van der Waals surface area contributed by atoms with E-state index in [0.717, 1.165) is 48.5 Å². The maximum Gasteiger partial charge on any atom is 0.160 e. The highest BCUT2D eigenvalue weighted by Crippen LogP contribution is 2.27. The molecule has 0 radical (unpaired) electrons. The summed E-state index contributed by atoms with van der Waals surface area (Å²) in [5, 5.41) is 6.70. The number of anilines is 2. The van der Waals surface area contributed by atoms with E-state index in [-0.39, 0.29) is 0 Å². The Morgan fingerprint density at radius 2 is 1.64 bits per heavy atom. The van der Waals surface area contributed by atoms with Crippen molar-refractivity contribution in [2.45, 2.75) is 27.2 Å². The van der Waals surface area contributed by atoms with E-state index in [0.29, 0.717) is 5.92 Å². The lowest BCUT2D eigenvalue weighted by molar-refractivity contribution is 0.354. The van der Waals surface area contributed by atoms with Gasteiger partial charge in [0.05, 0.1) is 14.2 Å². The molecule has 136 valence electrons. The molecular formula is C19H28N4O2. The first-order chi connectivity index (χ1) is 12.0. The number of benzene rings is 1. The van der Waals surface area contributed by atoms with Gasteiger partial charge in [-0.05, 0) is 37.0 Å². The van der Waals surface area contributed by atoms with Crippen LogP contribution in [-0.4, -0.2) is 37.3 Å². The SMILES string of the molecule is COc1ccc(CCNc2cc(NCC(C)C)nc(C)n2)cc1OC. The van der Waals surface area contributed by atoms with E-state index in [1.54, 1.807) is 14.2 Å². The van der Waals surface area contributed by atoms with Crippen LogP contribution in [0.3, 0.4) is 0 Å². The first kappa shape index (κ1) is 18.8. The van der Waals surface area contributed by atoms with Crippen LogP contribution in [0, 0.1) is 12.8 Å². The molecule has 2 aromatic rings. The van der Waals surface area contributed by atoms with Crippen LogP contribution in [0.4, 0.5) is 11.6 Å². The normalized spacial score (nSPS) is 10.6. The number of aryl methyl sites for hydroxylation is 1. The van der Waals surface area contributed by atoms with E-state index in [4.69, 9.17) is 9.47 Å². The maximum absolute atomic E-state index is 5.34. The quantitative estimate of drug-likeness (QED) is 0.725. The molecule has 0 amide bonds. The summed E-state index contributed by atoms with van der Waals surface area (Å²) in [6.45, 7) is 7.91. The first-order valence-electron chi connectivity index (χ1n) is 8.56. The van der Waals surface area contributed by atoms with Gasteiger partial charge in [0.2, 0.25) is 0 Å². The Kier molecular flexibility index (Phi) is 6.86. The maximum atomic E-state index is 5.34. The molecule has 2 N–H and O–H groups in total. The molecule has 6 nitrogen and oxygen atoms in total. The average molecular weight is 344 g/mol. The molecule has 0 aliphatic rings. The van der Waals surface area contributed by atoms with Crippen LogP contribution in [0.15, 0.2) is 24.3 Å². The molecule has 1 aromatic heterocycles. The van der Waals surface area contributed by atoms with E-state index in [9.17, 15) is 0 Å². The van der Waals surface area contributed by atoms with Crippen molar-refractivity contribution in [1.29, 1.82) is 0 Å². The van der Waals surface area contributed by atoms with Crippen LogP contribution in [-0.2, 0) is 6.42 Å². The molecule has 0 saturated heterocycles. The Morgan fingerprint density at radius 1 is 0.960 bits per heavy atom. The Hall–Kier alpha value is -2.50. The highest BCUT2D eigenvalue weighted by Gasteiger charge is 2.06. The summed E-state index contributed by atoms with van der Waals surface area (Å²) in [5.41, 5.74) is 1.18. The van der Waals surface area contributed by atoms with Crippen molar-refractivity contribution in [3.8, 4) is 11.5 Å². The zero-order chi connectivity index (χ0) is 18.2. The second kappa shape index (κ2) is 9.11. The van der Waals surface area contributed by atoms with Crippen molar-refractivity contribution in [3.63, 3.8) is 0 Å². The number of hydrogen-bond donors (Lipinski definition) is 2. The Bertz CT molecular complexity index is 689. The lowest BCUT2D eigenvalue weighted by Gasteiger charge is -2.12.